The molecule has 1 aromatic heterocycles. The van der Waals surface area contributed by atoms with Gasteiger partial charge in [0.15, 0.2) is 0 Å². The van der Waals surface area contributed by atoms with Gasteiger partial charge >= 0.3 is 0 Å². The summed E-state index contributed by atoms with van der Waals surface area (Å²) in [5.41, 5.74) is 5.78. The molecule has 0 spiro atoms. The summed E-state index contributed by atoms with van der Waals surface area (Å²) in [4.78, 5) is 3.97. The van der Waals surface area contributed by atoms with Gasteiger partial charge in [-0.25, -0.2) is 4.98 Å². The van der Waals surface area contributed by atoms with Crippen molar-refractivity contribution >= 4 is 17.4 Å². The molecule has 0 bridgehead atoms. The maximum absolute atomic E-state index is 7.31. The Bertz CT molecular complexity index is 371. The van der Waals surface area contributed by atoms with Crippen molar-refractivity contribution in [2.24, 2.45) is 5.73 Å². The highest BCUT2D eigenvalue weighted by molar-refractivity contribution is 6.35. The van der Waals surface area contributed by atoms with E-state index in [-0.39, 0.29) is 10.9 Å². The van der Waals surface area contributed by atoms with E-state index in [0.717, 1.165) is 6.42 Å². The van der Waals surface area contributed by atoms with Crippen molar-refractivity contribution in [3.05, 3.63) is 22.8 Å². The molecule has 0 fully saturated rings. The van der Waals surface area contributed by atoms with E-state index in [1.165, 1.54) is 6.20 Å². The fraction of sp³-hybridized carbons (Fsp3) is 0.400. The van der Waals surface area contributed by atoms with Gasteiger partial charge in [-0.1, -0.05) is 11.6 Å². The van der Waals surface area contributed by atoms with E-state index in [9.17, 15) is 0 Å². The second-order valence-electron chi connectivity index (χ2n) is 3.09. The van der Waals surface area contributed by atoms with E-state index in [1.54, 1.807) is 13.2 Å². The Morgan fingerprint density at radius 2 is 2.31 bits per heavy atom. The zero-order chi connectivity index (χ0) is 12.0. The van der Waals surface area contributed by atoms with E-state index >= 15 is 0 Å². The van der Waals surface area contributed by atoms with Gasteiger partial charge in [-0.2, -0.15) is 0 Å². The maximum atomic E-state index is 7.31. The standard InChI is InChI=1S/C10H14ClN3O2/c1-15-5-2-6-16-10-8(11)7(9(12)13)3-4-14-10/h3-4H,2,5-6H2,1H3,(H3,12,13). The average Bonchev–Trinajstić information content (AvgIpc) is 2.26. The minimum atomic E-state index is -0.103. The average molecular weight is 244 g/mol. The SMILES string of the molecule is COCCCOc1nccc(C(=N)N)c1Cl. The number of nitrogens with two attached hydrogens (primary N) is 1. The molecule has 0 atom stereocenters. The molecule has 0 amide bonds. The van der Waals surface area contributed by atoms with E-state index in [2.05, 4.69) is 4.98 Å². The van der Waals surface area contributed by atoms with Crippen LogP contribution in [0.25, 0.3) is 0 Å². The minimum Gasteiger partial charge on any atom is -0.477 e. The topological polar surface area (TPSA) is 81.2 Å². The third-order valence-corrected chi connectivity index (χ3v) is 2.24. The molecule has 0 aliphatic rings. The normalized spacial score (nSPS) is 10.1. The molecule has 0 aliphatic carbocycles. The molecule has 0 unspecified atom stereocenters. The Labute approximate surface area is 99.0 Å². The largest absolute Gasteiger partial charge is 0.477 e. The van der Waals surface area contributed by atoms with Crippen LogP contribution in [0.3, 0.4) is 0 Å². The first-order chi connectivity index (χ1) is 7.66. The molecule has 1 heterocycles. The van der Waals surface area contributed by atoms with E-state index in [0.29, 0.717) is 24.7 Å². The van der Waals surface area contributed by atoms with E-state index in [1.807, 2.05) is 0 Å². The summed E-state index contributed by atoms with van der Waals surface area (Å²) in [6, 6.07) is 1.58. The van der Waals surface area contributed by atoms with Crippen molar-refractivity contribution in [2.45, 2.75) is 6.42 Å². The van der Waals surface area contributed by atoms with Crippen LogP contribution in [0.2, 0.25) is 5.02 Å². The van der Waals surface area contributed by atoms with Crippen LogP contribution in [-0.4, -0.2) is 31.1 Å². The maximum Gasteiger partial charge on any atom is 0.233 e. The molecule has 16 heavy (non-hydrogen) atoms. The highest BCUT2D eigenvalue weighted by Gasteiger charge is 2.10. The molecular weight excluding hydrogens is 230 g/mol. The van der Waals surface area contributed by atoms with Crippen molar-refractivity contribution in [1.29, 1.82) is 5.41 Å². The number of aromatic nitrogens is 1. The molecule has 88 valence electrons. The predicted octanol–water partition coefficient (Wildman–Crippen LogP) is 1.43. The number of halogens is 1. The second-order valence-corrected chi connectivity index (χ2v) is 3.46. The Hall–Kier alpha value is -1.33. The second kappa shape index (κ2) is 6.30. The highest BCUT2D eigenvalue weighted by atomic mass is 35.5. The summed E-state index contributed by atoms with van der Waals surface area (Å²) in [5.74, 6) is 0.194. The number of hydrogen-bond donors (Lipinski definition) is 2. The monoisotopic (exact) mass is 243 g/mol. The number of amidine groups is 1. The van der Waals surface area contributed by atoms with Gasteiger partial charge in [0.2, 0.25) is 5.88 Å². The lowest BCUT2D eigenvalue weighted by molar-refractivity contribution is 0.170. The summed E-state index contributed by atoms with van der Waals surface area (Å²) in [6.45, 7) is 1.08. The zero-order valence-corrected chi connectivity index (χ0v) is 9.75. The number of hydrogen-bond acceptors (Lipinski definition) is 4. The molecule has 0 radical (unpaired) electrons. The molecule has 0 saturated heterocycles. The third kappa shape index (κ3) is 3.36. The van der Waals surface area contributed by atoms with E-state index in [4.69, 9.17) is 32.2 Å². The summed E-state index contributed by atoms with van der Waals surface area (Å²) >= 11 is 5.98. The third-order valence-electron chi connectivity index (χ3n) is 1.88. The smallest absolute Gasteiger partial charge is 0.233 e. The summed E-state index contributed by atoms with van der Waals surface area (Å²) in [7, 11) is 1.63. The summed E-state index contributed by atoms with van der Waals surface area (Å²) in [6.07, 6.45) is 2.26. The predicted molar refractivity (Wildman–Crippen MR) is 62.3 cm³/mol. The van der Waals surface area contributed by atoms with Gasteiger partial charge in [-0.05, 0) is 6.07 Å². The van der Waals surface area contributed by atoms with Crippen molar-refractivity contribution in [3.8, 4) is 5.88 Å². The van der Waals surface area contributed by atoms with Crippen molar-refractivity contribution in [3.63, 3.8) is 0 Å². The molecule has 0 aromatic carbocycles. The van der Waals surface area contributed by atoms with Gasteiger partial charge in [0.1, 0.15) is 10.9 Å². The highest BCUT2D eigenvalue weighted by Crippen LogP contribution is 2.25. The lowest BCUT2D eigenvalue weighted by Gasteiger charge is -2.08. The Morgan fingerprint density at radius 1 is 1.56 bits per heavy atom. The molecular formula is C10H14ClN3O2. The van der Waals surface area contributed by atoms with Gasteiger partial charge in [0, 0.05) is 31.9 Å². The number of ether oxygens (including phenoxy) is 2. The lowest BCUT2D eigenvalue weighted by Crippen LogP contribution is -2.13. The van der Waals surface area contributed by atoms with Gasteiger partial charge in [-0.15, -0.1) is 0 Å². The number of nitrogen functional groups attached to an aromatic ring is 1. The lowest BCUT2D eigenvalue weighted by atomic mass is 10.2. The van der Waals surface area contributed by atoms with Crippen molar-refractivity contribution < 1.29 is 9.47 Å². The van der Waals surface area contributed by atoms with Crippen LogP contribution in [0, 0.1) is 5.41 Å². The van der Waals surface area contributed by atoms with Gasteiger partial charge < -0.3 is 15.2 Å². The minimum absolute atomic E-state index is 0.103. The molecule has 1 rings (SSSR count). The van der Waals surface area contributed by atoms with Gasteiger partial charge in [0.05, 0.1) is 6.61 Å². The quantitative estimate of drug-likeness (QED) is 0.450. The summed E-state index contributed by atoms with van der Waals surface area (Å²) in [5, 5.41) is 7.58. The van der Waals surface area contributed by atoms with E-state index < -0.39 is 0 Å². The van der Waals surface area contributed by atoms with Crippen LogP contribution < -0.4 is 10.5 Å². The number of nitrogens with zero attached hydrogens (tertiary/aromatic N) is 1. The fourth-order valence-corrected chi connectivity index (χ4v) is 1.37. The zero-order valence-electron chi connectivity index (χ0n) is 9.00. The van der Waals surface area contributed by atoms with Crippen LogP contribution in [0.15, 0.2) is 12.3 Å². The van der Waals surface area contributed by atoms with Gasteiger partial charge in [0.25, 0.3) is 0 Å². The van der Waals surface area contributed by atoms with Crippen LogP contribution >= 0.6 is 11.6 Å². The van der Waals surface area contributed by atoms with Gasteiger partial charge in [-0.3, -0.25) is 5.41 Å². The first-order valence-electron chi connectivity index (χ1n) is 4.77. The van der Waals surface area contributed by atoms with Crippen LogP contribution in [-0.2, 0) is 4.74 Å². The molecule has 6 heteroatoms. The molecule has 1 aromatic rings. The molecule has 3 N–H and O–H groups in total. The fourth-order valence-electron chi connectivity index (χ4n) is 1.11. The van der Waals surface area contributed by atoms with Crippen LogP contribution in [0.4, 0.5) is 0 Å². The molecule has 0 aliphatic heterocycles. The van der Waals surface area contributed by atoms with Crippen molar-refractivity contribution in [1.82, 2.24) is 4.98 Å². The number of pyridine rings is 1. The first kappa shape index (κ1) is 12.7. The number of nitrogens with one attached hydrogen (secondary N) is 1. The van der Waals surface area contributed by atoms with Crippen LogP contribution in [0.5, 0.6) is 5.88 Å². The van der Waals surface area contributed by atoms with Crippen LogP contribution in [0.1, 0.15) is 12.0 Å². The number of rotatable bonds is 6. The summed E-state index contributed by atoms with van der Waals surface area (Å²) < 4.78 is 10.2. The Balaban J connectivity index is 2.66. The Morgan fingerprint density at radius 3 is 2.94 bits per heavy atom. The van der Waals surface area contributed by atoms with Crippen molar-refractivity contribution in [2.75, 3.05) is 20.3 Å². The first-order valence-corrected chi connectivity index (χ1v) is 5.15. The molecule has 0 saturated carbocycles. The number of methoxy groups -OCH3 is 1. The molecule has 5 nitrogen and oxygen atoms in total. The Kier molecular flexibility index (Phi) is 5.01.